The van der Waals surface area contributed by atoms with Crippen LogP contribution in [0, 0.1) is 11.2 Å². The molecule has 5 rings (SSSR count). The van der Waals surface area contributed by atoms with E-state index in [-0.39, 0.29) is 41.1 Å². The predicted octanol–water partition coefficient (Wildman–Crippen LogP) is 2.70. The van der Waals surface area contributed by atoms with Gasteiger partial charge in [-0.2, -0.15) is 0 Å². The van der Waals surface area contributed by atoms with Gasteiger partial charge < -0.3 is 20.3 Å². The lowest BCUT2D eigenvalue weighted by atomic mass is 10.0. The normalized spacial score (nSPS) is 33.3. The number of halogens is 3. The van der Waals surface area contributed by atoms with E-state index in [9.17, 15) is 19.1 Å². The van der Waals surface area contributed by atoms with Crippen molar-refractivity contribution in [2.75, 3.05) is 18.0 Å². The molecule has 1 aromatic heterocycles. The molecule has 1 saturated heterocycles. The number of nitrogens with two attached hydrogens (primary N) is 1. The van der Waals surface area contributed by atoms with Gasteiger partial charge in [0.25, 0.3) is 0 Å². The fourth-order valence-electron chi connectivity index (χ4n) is 3.97. The predicted molar refractivity (Wildman–Crippen MR) is 101 cm³/mol. The van der Waals surface area contributed by atoms with E-state index in [2.05, 4.69) is 0 Å². The summed E-state index contributed by atoms with van der Waals surface area (Å²) in [6, 6.07) is -0.871. The lowest BCUT2D eigenvalue weighted by molar-refractivity contribution is 0.0694. The molecule has 9 heteroatoms. The maximum Gasteiger partial charge on any atom is 0.341 e. The van der Waals surface area contributed by atoms with Crippen molar-refractivity contribution >= 4 is 34.2 Å². The average Bonchev–Trinajstić information content (AvgIpc) is 3.40. The Morgan fingerprint density at radius 3 is 2.68 bits per heavy atom. The molecule has 28 heavy (non-hydrogen) atoms. The summed E-state index contributed by atoms with van der Waals surface area (Å²) in [7, 11) is 0. The summed E-state index contributed by atoms with van der Waals surface area (Å²) in [5, 5.41) is 8.77. The number of pyridine rings is 1. The molecule has 3 fully saturated rings. The van der Waals surface area contributed by atoms with Crippen LogP contribution in [0.2, 0.25) is 5.02 Å². The summed E-state index contributed by atoms with van der Waals surface area (Å²) >= 11 is 6.52. The first kappa shape index (κ1) is 13.9. The van der Waals surface area contributed by atoms with Crippen molar-refractivity contribution in [3.8, 4) is 0 Å². The van der Waals surface area contributed by atoms with E-state index in [0.717, 1.165) is 12.3 Å². The number of aromatic carboxylic acids is 1. The largest absolute Gasteiger partial charge is 0.477 e. The summed E-state index contributed by atoms with van der Waals surface area (Å²) in [5.41, 5.74) is 2.70. The van der Waals surface area contributed by atoms with Gasteiger partial charge in [-0.05, 0) is 18.8 Å². The summed E-state index contributed by atoms with van der Waals surface area (Å²) in [5.74, 6) is -2.50. The van der Waals surface area contributed by atoms with Gasteiger partial charge in [-0.1, -0.05) is 11.6 Å². The van der Waals surface area contributed by atoms with E-state index in [1.807, 2.05) is 0 Å². The molecule has 0 unspecified atom stereocenters. The number of hydrogen-bond acceptors (Lipinski definition) is 4. The van der Waals surface area contributed by atoms with Gasteiger partial charge in [0.1, 0.15) is 17.6 Å². The highest BCUT2D eigenvalue weighted by molar-refractivity contribution is 6.38. The minimum absolute atomic E-state index is 0.0282. The summed E-state index contributed by atoms with van der Waals surface area (Å²) < 4.78 is 62.5. The van der Waals surface area contributed by atoms with Gasteiger partial charge >= 0.3 is 5.97 Å². The molecule has 0 amide bonds. The fraction of sp³-hybridized carbons (Fsp3) is 0.474. The van der Waals surface area contributed by atoms with Gasteiger partial charge in [-0.3, -0.25) is 4.79 Å². The summed E-state index contributed by atoms with van der Waals surface area (Å²) in [6.45, 7) is -0.337. The summed E-state index contributed by atoms with van der Waals surface area (Å²) in [6.07, 6.45) is -4.64. The van der Waals surface area contributed by atoms with Crippen LogP contribution in [0.5, 0.6) is 0 Å². The molecule has 2 heterocycles. The third-order valence-corrected chi connectivity index (χ3v) is 6.06. The maximum absolute atomic E-state index is 15.2. The van der Waals surface area contributed by atoms with Crippen LogP contribution in [0.3, 0.4) is 0 Å². The van der Waals surface area contributed by atoms with Crippen molar-refractivity contribution in [2.24, 2.45) is 11.1 Å². The van der Waals surface area contributed by atoms with Crippen molar-refractivity contribution < 1.29 is 24.2 Å². The second-order valence-electron chi connectivity index (χ2n) is 7.53. The number of fused-ring (bicyclic) bond motifs is 1. The van der Waals surface area contributed by atoms with Crippen molar-refractivity contribution in [1.82, 2.24) is 4.57 Å². The third-order valence-electron chi connectivity index (χ3n) is 5.71. The van der Waals surface area contributed by atoms with Gasteiger partial charge in [0.05, 0.1) is 27.7 Å². The van der Waals surface area contributed by atoms with Crippen molar-refractivity contribution in [1.29, 1.82) is 0 Å². The Morgan fingerprint density at radius 2 is 2.14 bits per heavy atom. The molecule has 2 aliphatic carbocycles. The number of hydrogen-bond donors (Lipinski definition) is 2. The molecule has 2 aromatic rings. The molecule has 3 N–H and O–H groups in total. The minimum atomic E-state index is -2.22. The first-order valence-electron chi connectivity index (χ1n) is 10.7. The minimum Gasteiger partial charge on any atom is -0.477 e. The zero-order valence-corrected chi connectivity index (χ0v) is 15.1. The molecule has 1 spiro atoms. The Bertz CT molecular complexity index is 1260. The molecule has 3 atom stereocenters. The standard InChI is InChI=1S/C19H18ClF2N3O3/c20-14-15-8(17(26)9(18(27)28)5-25(15)12-4-10(12)21)3-11(22)16(14)24-6-13(23)19(7-24)1-2-19/h3,5,10,12-13H,1-2,4,6-7,23H2,(H,27,28)/t10-,12+,13-/m0/s1/i1D2,2D2. The second kappa shape index (κ2) is 5.67. The summed E-state index contributed by atoms with van der Waals surface area (Å²) in [4.78, 5) is 25.5. The van der Waals surface area contributed by atoms with Crippen LogP contribution in [0.15, 0.2) is 17.1 Å². The highest BCUT2D eigenvalue weighted by Crippen LogP contribution is 2.54. The van der Waals surface area contributed by atoms with Gasteiger partial charge in [0, 0.05) is 42.6 Å². The van der Waals surface area contributed by atoms with E-state index < -0.39 is 59.2 Å². The molecule has 2 saturated carbocycles. The monoisotopic (exact) mass is 413 g/mol. The van der Waals surface area contributed by atoms with Crippen LogP contribution in [-0.4, -0.2) is 40.9 Å². The molecular formula is C19H18ClF2N3O3. The van der Waals surface area contributed by atoms with Crippen molar-refractivity contribution in [3.63, 3.8) is 0 Å². The fourth-order valence-corrected chi connectivity index (χ4v) is 4.38. The number of carbonyl (C=O) groups is 1. The molecule has 6 nitrogen and oxygen atoms in total. The maximum atomic E-state index is 15.2. The highest BCUT2D eigenvalue weighted by Gasteiger charge is 2.54. The quantitative estimate of drug-likeness (QED) is 0.807. The smallest absolute Gasteiger partial charge is 0.341 e. The topological polar surface area (TPSA) is 88.6 Å². The molecule has 3 aliphatic rings. The number of rotatable bonds is 3. The van der Waals surface area contributed by atoms with Crippen molar-refractivity contribution in [3.05, 3.63) is 38.9 Å². The van der Waals surface area contributed by atoms with Crippen LogP contribution in [-0.2, 0) is 0 Å². The van der Waals surface area contributed by atoms with E-state index in [1.165, 1.54) is 9.47 Å². The van der Waals surface area contributed by atoms with Gasteiger partial charge in [-0.25, -0.2) is 13.6 Å². The van der Waals surface area contributed by atoms with E-state index in [0.29, 0.717) is 0 Å². The molecule has 148 valence electrons. The Morgan fingerprint density at radius 1 is 1.46 bits per heavy atom. The third kappa shape index (κ3) is 2.40. The first-order valence-corrected chi connectivity index (χ1v) is 9.10. The molecular weight excluding hydrogens is 392 g/mol. The number of carboxylic acid groups (broad SMARTS) is 1. The number of benzene rings is 1. The van der Waals surface area contributed by atoms with Crippen LogP contribution in [0.1, 0.15) is 41.0 Å². The van der Waals surface area contributed by atoms with Crippen LogP contribution in [0.4, 0.5) is 14.5 Å². The van der Waals surface area contributed by atoms with Gasteiger partial charge in [-0.15, -0.1) is 0 Å². The number of anilines is 1. The van der Waals surface area contributed by atoms with Crippen LogP contribution < -0.4 is 16.1 Å². The zero-order chi connectivity index (χ0) is 23.5. The van der Waals surface area contributed by atoms with Gasteiger partial charge in [0.15, 0.2) is 0 Å². The Balaban J connectivity index is 1.71. The highest BCUT2D eigenvalue weighted by atomic mass is 35.5. The first-order chi connectivity index (χ1) is 14.8. The second-order valence-corrected chi connectivity index (χ2v) is 7.91. The number of carboxylic acids is 1. The van der Waals surface area contributed by atoms with Crippen LogP contribution in [0.25, 0.3) is 10.9 Å². The lowest BCUT2D eigenvalue weighted by Crippen LogP contribution is -2.30. The zero-order valence-electron chi connectivity index (χ0n) is 18.4. The SMILES string of the molecule is [2H]C1([2H])C([2H])([2H])C12CN(c1c(F)cc3c(=O)c(C(=O)O)cn([C@@H]4C[C@@H]4F)c3c1Cl)C[C@@H]2N. The molecule has 0 bridgehead atoms. The molecule has 1 aliphatic heterocycles. The van der Waals surface area contributed by atoms with Gasteiger partial charge in [0.2, 0.25) is 5.43 Å². The molecule has 1 aromatic carbocycles. The van der Waals surface area contributed by atoms with Crippen LogP contribution >= 0.6 is 11.6 Å². The average molecular weight is 414 g/mol. The Kier molecular flexibility index (Phi) is 2.81. The van der Waals surface area contributed by atoms with Crippen molar-refractivity contribution in [2.45, 2.75) is 37.4 Å². The lowest BCUT2D eigenvalue weighted by Gasteiger charge is -2.23. The van der Waals surface area contributed by atoms with E-state index >= 15 is 4.39 Å². The number of nitrogens with zero attached hydrogens (tertiary/aromatic N) is 2. The Hall–Kier alpha value is -2.19. The Labute approximate surface area is 169 Å². The van der Waals surface area contributed by atoms with E-state index in [1.54, 1.807) is 0 Å². The molecule has 0 radical (unpaired) electrons. The number of aromatic nitrogens is 1. The number of alkyl halides is 1. The van der Waals surface area contributed by atoms with E-state index in [4.69, 9.17) is 22.8 Å².